The third-order valence-corrected chi connectivity index (χ3v) is 4.39. The topological polar surface area (TPSA) is 82.3 Å². The number of hydrogen-bond donors (Lipinski definition) is 0. The van der Waals surface area contributed by atoms with E-state index in [1.54, 1.807) is 24.5 Å². The normalized spacial score (nSPS) is 11.2. The van der Waals surface area contributed by atoms with E-state index in [2.05, 4.69) is 27.1 Å². The van der Waals surface area contributed by atoms with Crippen molar-refractivity contribution >= 4 is 23.0 Å². The number of carbonyl (C=O) groups is 1. The molecule has 0 saturated heterocycles. The molecule has 0 aliphatic carbocycles. The molecule has 136 valence electrons. The van der Waals surface area contributed by atoms with E-state index in [-0.39, 0.29) is 0 Å². The highest BCUT2D eigenvalue weighted by atomic mass is 16.5. The second-order valence-electron chi connectivity index (χ2n) is 6.36. The van der Waals surface area contributed by atoms with E-state index in [0.29, 0.717) is 29.4 Å². The molecule has 0 aliphatic rings. The maximum absolute atomic E-state index is 11.2. The Hall–Kier alpha value is -3.35. The van der Waals surface area contributed by atoms with Gasteiger partial charge in [0.25, 0.3) is 0 Å². The van der Waals surface area contributed by atoms with Crippen LogP contribution in [0.2, 0.25) is 0 Å². The molecule has 27 heavy (non-hydrogen) atoms. The van der Waals surface area contributed by atoms with Gasteiger partial charge in [0.1, 0.15) is 12.0 Å². The van der Waals surface area contributed by atoms with E-state index >= 15 is 0 Å². The zero-order valence-corrected chi connectivity index (χ0v) is 15.2. The Bertz CT molecular complexity index is 1140. The number of carbonyl (C=O) groups excluding carboxylic acids is 1. The summed E-state index contributed by atoms with van der Waals surface area (Å²) in [5.74, 6) is 1.33. The van der Waals surface area contributed by atoms with Crippen molar-refractivity contribution in [2.24, 2.45) is 0 Å². The molecule has 1 aromatic carbocycles. The number of ether oxygens (including phenoxy) is 1. The van der Waals surface area contributed by atoms with Crippen LogP contribution in [0.4, 0.5) is 0 Å². The summed E-state index contributed by atoms with van der Waals surface area (Å²) in [6.45, 7) is 4.66. The maximum atomic E-state index is 11.2. The van der Waals surface area contributed by atoms with Gasteiger partial charge in [0.15, 0.2) is 11.5 Å². The van der Waals surface area contributed by atoms with Crippen molar-refractivity contribution in [1.82, 2.24) is 24.6 Å². The minimum absolute atomic E-state index is 0.573. The first kappa shape index (κ1) is 17.1. The maximum Gasteiger partial charge on any atom is 0.183 e. The molecule has 0 atom stereocenters. The summed E-state index contributed by atoms with van der Waals surface area (Å²) in [7, 11) is 0. The molecule has 7 heteroatoms. The molecule has 0 amide bonds. The lowest BCUT2D eigenvalue weighted by Crippen LogP contribution is -2.00. The lowest BCUT2D eigenvalue weighted by atomic mass is 10.2. The van der Waals surface area contributed by atoms with Gasteiger partial charge in [0.2, 0.25) is 0 Å². The lowest BCUT2D eigenvalue weighted by molar-refractivity contribution is 0.112. The van der Waals surface area contributed by atoms with E-state index in [9.17, 15) is 4.79 Å². The molecule has 3 aromatic heterocycles. The number of benzene rings is 1. The zero-order chi connectivity index (χ0) is 18.8. The van der Waals surface area contributed by atoms with E-state index in [4.69, 9.17) is 4.74 Å². The molecule has 4 aromatic rings. The summed E-state index contributed by atoms with van der Waals surface area (Å²) in [4.78, 5) is 20.1. The highest BCUT2D eigenvalue weighted by Crippen LogP contribution is 2.26. The minimum atomic E-state index is 0.573. The number of aryl methyl sites for hydroxylation is 1. The van der Waals surface area contributed by atoms with Crippen LogP contribution < -0.4 is 4.74 Å². The largest absolute Gasteiger partial charge is 0.492 e. The van der Waals surface area contributed by atoms with Crippen LogP contribution in [-0.2, 0) is 0 Å². The average Bonchev–Trinajstić information content (AvgIpc) is 3.14. The number of aldehydes is 1. The lowest BCUT2D eigenvalue weighted by Gasteiger charge is -2.09. The Morgan fingerprint density at radius 1 is 1.19 bits per heavy atom. The molecule has 4 rings (SSSR count). The summed E-state index contributed by atoms with van der Waals surface area (Å²) in [6, 6.07) is 7.28. The van der Waals surface area contributed by atoms with Gasteiger partial charge in [-0.3, -0.25) is 14.2 Å². The van der Waals surface area contributed by atoms with Crippen LogP contribution in [0, 0.1) is 6.92 Å². The number of hydrogen-bond acceptors (Lipinski definition) is 6. The monoisotopic (exact) mass is 361 g/mol. The molecule has 0 radical (unpaired) electrons. The van der Waals surface area contributed by atoms with Crippen molar-refractivity contribution in [1.29, 1.82) is 0 Å². The fraction of sp³-hybridized carbons (Fsp3) is 0.250. The van der Waals surface area contributed by atoms with E-state index < -0.39 is 0 Å². The molecule has 0 fully saturated rings. The summed E-state index contributed by atoms with van der Waals surface area (Å²) < 4.78 is 7.68. The highest BCUT2D eigenvalue weighted by molar-refractivity contribution is 5.87. The predicted molar refractivity (Wildman–Crippen MR) is 102 cm³/mol. The summed E-state index contributed by atoms with van der Waals surface area (Å²) in [5, 5.41) is 8.66. The summed E-state index contributed by atoms with van der Waals surface area (Å²) in [6.07, 6.45) is 6.30. The zero-order valence-electron chi connectivity index (χ0n) is 15.2. The third kappa shape index (κ3) is 3.12. The summed E-state index contributed by atoms with van der Waals surface area (Å²) >= 11 is 0. The van der Waals surface area contributed by atoms with E-state index in [1.807, 2.05) is 23.5 Å². The second-order valence-corrected chi connectivity index (χ2v) is 6.36. The molecule has 0 aliphatic heterocycles. The first-order valence-electron chi connectivity index (χ1n) is 8.90. The van der Waals surface area contributed by atoms with Crippen LogP contribution in [0.5, 0.6) is 5.75 Å². The Morgan fingerprint density at radius 3 is 2.89 bits per heavy atom. The van der Waals surface area contributed by atoms with Gasteiger partial charge in [-0.1, -0.05) is 13.3 Å². The van der Waals surface area contributed by atoms with Gasteiger partial charge in [-0.2, -0.15) is 0 Å². The second kappa shape index (κ2) is 7.11. The van der Waals surface area contributed by atoms with Gasteiger partial charge in [-0.15, -0.1) is 10.2 Å². The Kier molecular flexibility index (Phi) is 4.50. The van der Waals surface area contributed by atoms with Crippen molar-refractivity contribution in [3.05, 3.63) is 47.9 Å². The predicted octanol–water partition coefficient (Wildman–Crippen LogP) is 3.64. The Balaban J connectivity index is 1.89. The number of unbranched alkanes of at least 4 members (excludes halogenated alkanes) is 1. The number of pyridine rings is 1. The number of rotatable bonds is 6. The highest BCUT2D eigenvalue weighted by Gasteiger charge is 2.15. The summed E-state index contributed by atoms with van der Waals surface area (Å²) in [5.41, 5.74) is 4.33. The standard InChI is InChI=1S/C20H19N5O2/c1-3-4-7-27-16-9-15(10-21-11-16)20-24-23-19-13(2)22-17-6-5-14(12-26)8-18(17)25(19)20/h5-6,8-12H,3-4,7H2,1-2H3. The van der Waals surface area contributed by atoms with Crippen LogP contribution in [-0.4, -0.2) is 37.5 Å². The average molecular weight is 361 g/mol. The Morgan fingerprint density at radius 2 is 2.07 bits per heavy atom. The minimum Gasteiger partial charge on any atom is -0.492 e. The van der Waals surface area contributed by atoms with Gasteiger partial charge in [-0.05, 0) is 37.6 Å². The van der Waals surface area contributed by atoms with Crippen molar-refractivity contribution in [2.45, 2.75) is 26.7 Å². The molecule has 0 unspecified atom stereocenters. The number of aromatic nitrogens is 5. The van der Waals surface area contributed by atoms with Gasteiger partial charge < -0.3 is 4.74 Å². The molecule has 0 saturated carbocycles. The van der Waals surface area contributed by atoms with Crippen LogP contribution >= 0.6 is 0 Å². The van der Waals surface area contributed by atoms with Gasteiger partial charge in [0.05, 0.1) is 29.5 Å². The fourth-order valence-electron chi connectivity index (χ4n) is 3.01. The van der Waals surface area contributed by atoms with Crippen LogP contribution in [0.1, 0.15) is 35.8 Å². The van der Waals surface area contributed by atoms with Crippen LogP contribution in [0.15, 0.2) is 36.7 Å². The van der Waals surface area contributed by atoms with E-state index in [1.165, 1.54) is 0 Å². The smallest absolute Gasteiger partial charge is 0.183 e. The van der Waals surface area contributed by atoms with Gasteiger partial charge >= 0.3 is 0 Å². The molecule has 0 bridgehead atoms. The first-order chi connectivity index (χ1) is 13.2. The molecule has 0 N–H and O–H groups in total. The first-order valence-corrected chi connectivity index (χ1v) is 8.90. The molecule has 7 nitrogen and oxygen atoms in total. The molecule has 3 heterocycles. The van der Waals surface area contributed by atoms with Crippen molar-refractivity contribution < 1.29 is 9.53 Å². The number of nitrogens with zero attached hydrogens (tertiary/aromatic N) is 5. The fourth-order valence-corrected chi connectivity index (χ4v) is 3.01. The SMILES string of the molecule is CCCCOc1cncc(-c2nnc3c(C)nc4ccc(C=O)cc4n23)c1. The molecular weight excluding hydrogens is 342 g/mol. The molecule has 0 spiro atoms. The Labute approximate surface area is 156 Å². The van der Waals surface area contributed by atoms with Gasteiger partial charge in [0, 0.05) is 17.3 Å². The number of fused-ring (bicyclic) bond motifs is 3. The van der Waals surface area contributed by atoms with Crippen molar-refractivity contribution in [2.75, 3.05) is 6.61 Å². The van der Waals surface area contributed by atoms with Crippen molar-refractivity contribution in [3.8, 4) is 17.1 Å². The third-order valence-electron chi connectivity index (χ3n) is 4.39. The van der Waals surface area contributed by atoms with Gasteiger partial charge in [-0.25, -0.2) is 4.98 Å². The quantitative estimate of drug-likeness (QED) is 0.385. The molecular formula is C20H19N5O2. The van der Waals surface area contributed by atoms with E-state index in [0.717, 1.165) is 41.4 Å². The van der Waals surface area contributed by atoms with Crippen molar-refractivity contribution in [3.63, 3.8) is 0 Å². The van der Waals surface area contributed by atoms with Crippen LogP contribution in [0.25, 0.3) is 28.1 Å². The van der Waals surface area contributed by atoms with Crippen LogP contribution in [0.3, 0.4) is 0 Å².